The number of rotatable bonds is 6. The van der Waals surface area contributed by atoms with Crippen LogP contribution in [0.15, 0.2) is 66.3 Å². The Hall–Kier alpha value is -3.50. The lowest BCUT2D eigenvalue weighted by Gasteiger charge is -2.59. The molecule has 9 heteroatoms. The molecule has 0 spiro atoms. The van der Waals surface area contributed by atoms with E-state index in [9.17, 15) is 24.6 Å². The van der Waals surface area contributed by atoms with Crippen LogP contribution in [0.1, 0.15) is 72.9 Å². The van der Waals surface area contributed by atoms with E-state index < -0.39 is 59.1 Å². The van der Waals surface area contributed by atoms with E-state index >= 15 is 4.39 Å². The molecule has 45 heavy (non-hydrogen) atoms. The van der Waals surface area contributed by atoms with Gasteiger partial charge in [0.2, 0.25) is 0 Å². The molecule has 9 atom stereocenters. The topological polar surface area (TPSA) is 130 Å². The summed E-state index contributed by atoms with van der Waals surface area (Å²) in [6.45, 7) is 3.26. The van der Waals surface area contributed by atoms with Crippen LogP contribution in [0, 0.1) is 34.4 Å². The summed E-state index contributed by atoms with van der Waals surface area (Å²) < 4.78 is 28.6. The summed E-state index contributed by atoms with van der Waals surface area (Å²) in [5.41, 5.74) is -0.0716. The van der Waals surface area contributed by atoms with Crippen molar-refractivity contribution in [2.24, 2.45) is 28.6 Å². The molecule has 4 unspecified atom stereocenters. The lowest BCUT2D eigenvalue weighted by Crippen LogP contribution is -2.63. The maximum Gasteiger partial charge on any atom is 0.335 e. The number of ether oxygens (including phenoxy) is 2. The number of carbonyl (C=O) groups is 3. The Kier molecular flexibility index (Phi) is 7.05. The molecule has 4 fully saturated rings. The summed E-state index contributed by atoms with van der Waals surface area (Å²) >= 11 is 0. The zero-order chi connectivity index (χ0) is 31.9. The van der Waals surface area contributed by atoms with Crippen molar-refractivity contribution in [3.8, 4) is 0 Å². The van der Waals surface area contributed by atoms with Gasteiger partial charge in [0.15, 0.2) is 23.5 Å². The molecule has 0 bridgehead atoms. The Bertz CT molecular complexity index is 1650. The second-order valence-electron chi connectivity index (χ2n) is 13.9. The molecule has 2 aromatic rings. The molecule has 1 saturated heterocycles. The zero-order valence-corrected chi connectivity index (χ0v) is 25.2. The van der Waals surface area contributed by atoms with Gasteiger partial charge < -0.3 is 24.8 Å². The maximum absolute atomic E-state index is 15.7. The Labute approximate surface area is 260 Å². The van der Waals surface area contributed by atoms with Crippen LogP contribution in [0.2, 0.25) is 0 Å². The molecule has 8 nitrogen and oxygen atoms in total. The van der Waals surface area contributed by atoms with E-state index in [0.29, 0.717) is 24.8 Å². The zero-order valence-electron chi connectivity index (χ0n) is 25.2. The Morgan fingerprint density at radius 2 is 1.82 bits per heavy atom. The second kappa shape index (κ2) is 10.5. The normalized spacial score (nSPS) is 38.2. The summed E-state index contributed by atoms with van der Waals surface area (Å²) in [4.78, 5) is 37.0. The fourth-order valence-electron chi connectivity index (χ4n) is 9.70. The number of carboxylic acids is 1. The van der Waals surface area contributed by atoms with Crippen LogP contribution in [-0.4, -0.2) is 57.3 Å². The van der Waals surface area contributed by atoms with Crippen LogP contribution in [-0.2, 0) is 25.5 Å². The minimum Gasteiger partial charge on any atom is -0.478 e. The molecule has 236 valence electrons. The van der Waals surface area contributed by atoms with Gasteiger partial charge in [0.05, 0.1) is 17.8 Å². The fraction of sp³-hybridized carbons (Fsp3) is 0.472. The van der Waals surface area contributed by atoms with Crippen molar-refractivity contribution >= 4 is 17.5 Å². The van der Waals surface area contributed by atoms with Gasteiger partial charge in [0.25, 0.3) is 0 Å². The number of fused-ring (bicyclic) bond motifs is 7. The number of Topliss-reactive ketones (excluding diaryl/α,β-unsaturated/α-hetero) is 1. The van der Waals surface area contributed by atoms with E-state index in [4.69, 9.17) is 14.6 Å². The lowest BCUT2D eigenvalue weighted by molar-refractivity contribution is -0.201. The summed E-state index contributed by atoms with van der Waals surface area (Å²) in [5.74, 6) is -2.33. The number of ketones is 2. The lowest BCUT2D eigenvalue weighted by atomic mass is 9.46. The number of allylic oxidation sites excluding steroid dienone is 4. The molecule has 2 aromatic carbocycles. The van der Waals surface area contributed by atoms with Crippen molar-refractivity contribution in [1.82, 2.24) is 0 Å². The molecule has 0 aromatic heterocycles. The van der Waals surface area contributed by atoms with Crippen molar-refractivity contribution in [2.75, 3.05) is 6.61 Å². The first-order chi connectivity index (χ1) is 21.4. The first kappa shape index (κ1) is 30.2. The first-order valence-electron chi connectivity index (χ1n) is 15.6. The largest absolute Gasteiger partial charge is 0.478 e. The molecule has 1 aliphatic heterocycles. The number of aromatic carboxylic acids is 1. The third-order valence-electron chi connectivity index (χ3n) is 11.7. The molecular formula is C36H37FO8. The van der Waals surface area contributed by atoms with E-state index in [1.54, 1.807) is 36.4 Å². The highest BCUT2D eigenvalue weighted by atomic mass is 19.1. The number of aliphatic hydroxyl groups excluding tert-OH is 2. The quantitative estimate of drug-likeness (QED) is 0.425. The predicted octanol–water partition coefficient (Wildman–Crippen LogP) is 4.72. The monoisotopic (exact) mass is 616 g/mol. The van der Waals surface area contributed by atoms with Gasteiger partial charge in [0, 0.05) is 22.3 Å². The Morgan fingerprint density at radius 1 is 1.09 bits per heavy atom. The number of hydrogen-bond donors (Lipinski definition) is 3. The number of hydrogen-bond acceptors (Lipinski definition) is 7. The number of carboxylic acid groups (broad SMARTS) is 1. The summed E-state index contributed by atoms with van der Waals surface area (Å²) in [7, 11) is 0. The van der Waals surface area contributed by atoms with E-state index in [2.05, 4.69) is 6.92 Å². The third-order valence-corrected chi connectivity index (χ3v) is 11.7. The van der Waals surface area contributed by atoms with E-state index in [-0.39, 0.29) is 41.1 Å². The molecular weight excluding hydrogens is 579 g/mol. The molecule has 3 saturated carbocycles. The number of benzene rings is 2. The Balaban J connectivity index is 1.17. The van der Waals surface area contributed by atoms with Crippen LogP contribution < -0.4 is 0 Å². The van der Waals surface area contributed by atoms with Gasteiger partial charge in [-0.15, -0.1) is 0 Å². The van der Waals surface area contributed by atoms with Crippen molar-refractivity contribution in [3.63, 3.8) is 0 Å². The molecule has 0 radical (unpaired) electrons. The number of halogens is 1. The SMILES string of the molecule is C[C@]12C=CC(=O)C=C1CC[C@@H]1C2[C@@H](O)C[C@@]2(C)C1CC1OC(c3ccc(Cc4ccc(C(=O)O)cc4)cc3F)O[C@]12C(=O)CO. The highest BCUT2D eigenvalue weighted by molar-refractivity contribution is 6.01. The van der Waals surface area contributed by atoms with E-state index in [1.807, 2.05) is 13.0 Å². The summed E-state index contributed by atoms with van der Waals surface area (Å²) in [5, 5.41) is 31.1. The van der Waals surface area contributed by atoms with Crippen molar-refractivity contribution in [2.45, 2.75) is 70.1 Å². The Morgan fingerprint density at radius 3 is 2.51 bits per heavy atom. The van der Waals surface area contributed by atoms with Gasteiger partial charge in [-0.05, 0) is 85.4 Å². The standard InChI is InChI=1S/C36H37FO8/c1-34-12-11-23(39)15-22(34)8-10-24-26-16-30-36(29(41)18-38,35(26,2)17-28(40)31(24)34)45-33(44-30)25-9-5-20(14-27(25)37)13-19-3-6-21(7-4-19)32(42)43/h3-7,9,11-12,14-15,24,26,28,30-31,33,38,40H,8,10,13,16-18H2,1-2H3,(H,42,43)/t24-,26?,28-,30?,31?,33?,34-,35-,36+/m0/s1. The smallest absolute Gasteiger partial charge is 0.335 e. The molecule has 5 aliphatic rings. The summed E-state index contributed by atoms with van der Waals surface area (Å²) in [6, 6.07) is 11.1. The molecule has 4 aliphatic carbocycles. The fourth-order valence-corrected chi connectivity index (χ4v) is 9.70. The van der Waals surface area contributed by atoms with Gasteiger partial charge in [-0.25, -0.2) is 9.18 Å². The van der Waals surface area contributed by atoms with Crippen LogP contribution in [0.25, 0.3) is 0 Å². The van der Waals surface area contributed by atoms with E-state index in [0.717, 1.165) is 17.6 Å². The molecule has 1 heterocycles. The van der Waals surface area contributed by atoms with Crippen LogP contribution >= 0.6 is 0 Å². The van der Waals surface area contributed by atoms with Gasteiger partial charge in [-0.3, -0.25) is 9.59 Å². The van der Waals surface area contributed by atoms with Crippen LogP contribution in [0.3, 0.4) is 0 Å². The average molecular weight is 617 g/mol. The van der Waals surface area contributed by atoms with Gasteiger partial charge >= 0.3 is 5.97 Å². The average Bonchev–Trinajstić information content (AvgIpc) is 3.50. The number of aliphatic hydroxyl groups is 2. The molecule has 0 amide bonds. The highest BCUT2D eigenvalue weighted by Gasteiger charge is 2.76. The van der Waals surface area contributed by atoms with E-state index in [1.165, 1.54) is 18.2 Å². The van der Waals surface area contributed by atoms with Crippen molar-refractivity contribution in [3.05, 3.63) is 94.3 Å². The minimum absolute atomic E-state index is 0.0268. The maximum atomic E-state index is 15.7. The van der Waals surface area contributed by atoms with Gasteiger partial charge in [0.1, 0.15) is 12.4 Å². The van der Waals surface area contributed by atoms with Crippen molar-refractivity contribution in [1.29, 1.82) is 0 Å². The molecule has 3 N–H and O–H groups in total. The van der Waals surface area contributed by atoms with Gasteiger partial charge in [-0.2, -0.15) is 0 Å². The minimum atomic E-state index is -1.56. The van der Waals surface area contributed by atoms with Gasteiger partial charge in [-0.1, -0.05) is 49.8 Å². The molecule has 7 rings (SSSR count). The second-order valence-corrected chi connectivity index (χ2v) is 13.9. The summed E-state index contributed by atoms with van der Waals surface area (Å²) in [6.07, 6.45) is 5.06. The van der Waals surface area contributed by atoms with Crippen LogP contribution in [0.5, 0.6) is 0 Å². The number of carbonyl (C=O) groups excluding carboxylic acids is 2. The third kappa shape index (κ3) is 4.35. The first-order valence-corrected chi connectivity index (χ1v) is 15.6. The van der Waals surface area contributed by atoms with Crippen LogP contribution in [0.4, 0.5) is 4.39 Å². The highest BCUT2D eigenvalue weighted by Crippen LogP contribution is 2.70. The predicted molar refractivity (Wildman–Crippen MR) is 160 cm³/mol. The van der Waals surface area contributed by atoms with Crippen molar-refractivity contribution < 1.29 is 43.6 Å².